The summed E-state index contributed by atoms with van der Waals surface area (Å²) in [5.41, 5.74) is 4.54. The van der Waals surface area contributed by atoms with Crippen molar-refractivity contribution in [2.45, 2.75) is 95.2 Å². The molecular weight excluding hydrogens is 753 g/mol. The Kier molecular flexibility index (Phi) is 13.0. The Balaban J connectivity index is 0.870. The van der Waals surface area contributed by atoms with E-state index in [4.69, 9.17) is 19.4 Å². The van der Waals surface area contributed by atoms with E-state index in [-0.39, 0.29) is 42.4 Å². The van der Waals surface area contributed by atoms with Crippen LogP contribution in [0.15, 0.2) is 71.7 Å². The Morgan fingerprint density at radius 1 is 1.05 bits per heavy atom. The van der Waals surface area contributed by atoms with Gasteiger partial charge in [0.15, 0.2) is 12.0 Å². The summed E-state index contributed by atoms with van der Waals surface area (Å²) in [6.45, 7) is 6.15. The number of aromatic nitrogens is 2. The van der Waals surface area contributed by atoms with Gasteiger partial charge in [-0.25, -0.2) is 4.79 Å². The van der Waals surface area contributed by atoms with E-state index < -0.39 is 36.2 Å². The third kappa shape index (κ3) is 9.72. The van der Waals surface area contributed by atoms with Crippen LogP contribution >= 0.6 is 11.3 Å². The number of nitrogens with zero attached hydrogens (tertiary/aromatic N) is 2. The predicted octanol–water partition coefficient (Wildman–Crippen LogP) is 3.82. The number of anilines is 1. The van der Waals surface area contributed by atoms with Gasteiger partial charge in [0.25, 0.3) is 5.91 Å². The maximum atomic E-state index is 13.4. The molecule has 1 saturated carbocycles. The molecule has 0 radical (unpaired) electrons. The van der Waals surface area contributed by atoms with Crippen molar-refractivity contribution < 1.29 is 39.2 Å². The van der Waals surface area contributed by atoms with E-state index in [1.165, 1.54) is 12.3 Å². The van der Waals surface area contributed by atoms with E-state index in [0.29, 0.717) is 24.9 Å². The number of carbonyl (C=O) groups is 2. The quantitative estimate of drug-likeness (QED) is 0.0717. The number of aliphatic hydroxyl groups excluding tert-OH is 2. The number of benzene rings is 2. The van der Waals surface area contributed by atoms with Gasteiger partial charge < -0.3 is 40.4 Å². The summed E-state index contributed by atoms with van der Waals surface area (Å²) >= 11 is 1.69. The fraction of sp³-hybridized carbons (Fsp3) is 0.463. The van der Waals surface area contributed by atoms with Crippen LogP contribution in [0.2, 0.25) is 0 Å². The summed E-state index contributed by atoms with van der Waals surface area (Å²) in [7, 11) is 0. The molecule has 1 aliphatic carbocycles. The SMILES string of the molecule is Cc1ccc(OC2CCNCC2)cc1C(=O)N[C@H](C)c1cccc(-c2ccc(CN[C@H]3CC[C@@H](C(=O)OC[C@H]4O[C@@H](n5ccc(NO)nc5=O)[C@H](O)[C@@H]4O)C3)s2)c1. The second-order valence-corrected chi connectivity index (χ2v) is 16.2. The van der Waals surface area contributed by atoms with Crippen LogP contribution in [0, 0.1) is 12.8 Å². The van der Waals surface area contributed by atoms with Crippen molar-refractivity contribution in [2.24, 2.45) is 5.92 Å². The Labute approximate surface area is 334 Å². The standard InChI is InChI=1S/C41H50N6O9S/c1-23-6-9-30(55-29-12-15-42-16-13-29)20-32(23)38(50)44-24(2)25-4-3-5-26(18-25)34-11-10-31(57-34)21-43-28-8-7-27(19-28)40(51)54-22-33-36(48)37(49)39(56-33)47-17-14-35(46-53)45-41(47)52/h3-6,9-11,14,17-18,20,24,27-29,33,36-37,39,42-43,48-49,53H,7-8,12-13,15-16,19,21-22H2,1-2H3,(H,44,50)(H,45,46,52)/t24-,27-,28+,33-,36-,37-,39-/m1/s1. The molecule has 3 fully saturated rings. The summed E-state index contributed by atoms with van der Waals surface area (Å²) < 4.78 is 18.4. The fourth-order valence-electron chi connectivity index (χ4n) is 7.65. The average Bonchev–Trinajstić information content (AvgIpc) is 3.97. The summed E-state index contributed by atoms with van der Waals surface area (Å²) in [6.07, 6.45) is 0.227. The van der Waals surface area contributed by atoms with Crippen LogP contribution < -0.4 is 31.9 Å². The highest BCUT2D eigenvalue weighted by atomic mass is 32.1. The lowest BCUT2D eigenvalue weighted by Gasteiger charge is -2.24. The number of rotatable bonds is 14. The highest BCUT2D eigenvalue weighted by molar-refractivity contribution is 7.15. The van der Waals surface area contributed by atoms with E-state index in [9.17, 15) is 24.6 Å². The fourth-order valence-corrected chi connectivity index (χ4v) is 8.60. The van der Waals surface area contributed by atoms with Gasteiger partial charge in [0.2, 0.25) is 0 Å². The first-order chi connectivity index (χ1) is 27.6. The minimum Gasteiger partial charge on any atom is -0.490 e. The first-order valence-corrected chi connectivity index (χ1v) is 20.3. The lowest BCUT2D eigenvalue weighted by Crippen LogP contribution is -2.36. The van der Waals surface area contributed by atoms with Crippen molar-refractivity contribution >= 4 is 29.0 Å². The highest BCUT2D eigenvalue weighted by Gasteiger charge is 2.45. The number of thiophene rings is 1. The van der Waals surface area contributed by atoms with E-state index >= 15 is 0 Å². The molecule has 2 aromatic heterocycles. The van der Waals surface area contributed by atoms with Crippen LogP contribution in [0.25, 0.3) is 10.4 Å². The molecule has 2 aromatic carbocycles. The Hall–Kier alpha value is -4.68. The van der Waals surface area contributed by atoms with Gasteiger partial charge in [-0.3, -0.25) is 24.8 Å². The number of hydrogen-bond donors (Lipinski definition) is 7. The number of carbonyl (C=O) groups excluding carboxylic acids is 2. The van der Waals surface area contributed by atoms with Crippen molar-refractivity contribution in [3.63, 3.8) is 0 Å². The first-order valence-electron chi connectivity index (χ1n) is 19.4. The van der Waals surface area contributed by atoms with Gasteiger partial charge in [-0.15, -0.1) is 11.3 Å². The summed E-state index contributed by atoms with van der Waals surface area (Å²) in [5, 5.41) is 40.1. The minimum absolute atomic E-state index is 0.0813. The number of nitrogens with one attached hydrogen (secondary N) is 4. The zero-order valence-electron chi connectivity index (χ0n) is 31.9. The molecule has 7 rings (SSSR count). The Morgan fingerprint density at radius 3 is 2.67 bits per heavy atom. The maximum absolute atomic E-state index is 13.4. The van der Waals surface area contributed by atoms with E-state index in [2.05, 4.69) is 45.2 Å². The molecule has 2 saturated heterocycles. The van der Waals surface area contributed by atoms with Crippen LogP contribution in [0.4, 0.5) is 5.82 Å². The molecule has 0 bridgehead atoms. The van der Waals surface area contributed by atoms with Gasteiger partial charge in [0.05, 0.1) is 12.0 Å². The molecule has 0 unspecified atom stereocenters. The predicted molar refractivity (Wildman–Crippen MR) is 212 cm³/mol. The van der Waals surface area contributed by atoms with Crippen LogP contribution in [-0.4, -0.2) is 87.0 Å². The largest absolute Gasteiger partial charge is 0.490 e. The van der Waals surface area contributed by atoms with Gasteiger partial charge in [0.1, 0.15) is 36.8 Å². The topological polar surface area (TPSA) is 206 Å². The number of aliphatic hydroxyl groups is 2. The molecule has 304 valence electrons. The van der Waals surface area contributed by atoms with Gasteiger partial charge in [-0.1, -0.05) is 24.3 Å². The van der Waals surface area contributed by atoms with Crippen LogP contribution in [0.3, 0.4) is 0 Å². The van der Waals surface area contributed by atoms with E-state index in [0.717, 1.165) is 69.1 Å². The van der Waals surface area contributed by atoms with Crippen molar-refractivity contribution in [3.8, 4) is 16.2 Å². The van der Waals surface area contributed by atoms with Gasteiger partial charge in [-0.2, -0.15) is 4.98 Å². The molecule has 3 aliphatic rings. The average molecular weight is 803 g/mol. The molecule has 57 heavy (non-hydrogen) atoms. The molecule has 7 atom stereocenters. The second-order valence-electron chi connectivity index (χ2n) is 15.0. The van der Waals surface area contributed by atoms with Gasteiger partial charge >= 0.3 is 11.7 Å². The first kappa shape index (κ1) is 40.5. The molecule has 0 spiro atoms. The van der Waals surface area contributed by atoms with E-state index in [1.807, 2.05) is 44.2 Å². The highest BCUT2D eigenvalue weighted by Crippen LogP contribution is 2.33. The third-order valence-corrected chi connectivity index (χ3v) is 12.1. The summed E-state index contributed by atoms with van der Waals surface area (Å²) in [6, 6.07) is 19.4. The zero-order valence-corrected chi connectivity index (χ0v) is 32.7. The Bertz CT molecular complexity index is 2090. The van der Waals surface area contributed by atoms with Crippen molar-refractivity contribution in [1.82, 2.24) is 25.5 Å². The summed E-state index contributed by atoms with van der Waals surface area (Å²) in [4.78, 5) is 44.6. The van der Waals surface area contributed by atoms with Crippen LogP contribution in [-0.2, 0) is 20.8 Å². The van der Waals surface area contributed by atoms with E-state index in [1.54, 1.807) is 16.8 Å². The monoisotopic (exact) mass is 802 g/mol. The smallest absolute Gasteiger partial charge is 0.351 e. The molecule has 2 aliphatic heterocycles. The molecule has 16 heteroatoms. The number of esters is 1. The number of aryl methyl sites for hydroxylation is 1. The van der Waals surface area contributed by atoms with Crippen LogP contribution in [0.1, 0.15) is 77.7 Å². The normalized spacial score (nSPS) is 24.2. The summed E-state index contributed by atoms with van der Waals surface area (Å²) in [5.74, 6) is -0.227. The lowest BCUT2D eigenvalue weighted by atomic mass is 10.0. The Morgan fingerprint density at radius 2 is 1.88 bits per heavy atom. The number of ether oxygens (including phenoxy) is 3. The van der Waals surface area contributed by atoms with Gasteiger partial charge in [0, 0.05) is 34.1 Å². The third-order valence-electron chi connectivity index (χ3n) is 11.0. The number of hydrogen-bond acceptors (Lipinski definition) is 14. The second kappa shape index (κ2) is 18.3. The maximum Gasteiger partial charge on any atom is 0.351 e. The van der Waals surface area contributed by atoms with Crippen LogP contribution in [0.5, 0.6) is 5.75 Å². The van der Waals surface area contributed by atoms with Gasteiger partial charge in [-0.05, 0) is 112 Å². The molecule has 4 heterocycles. The lowest BCUT2D eigenvalue weighted by molar-refractivity contribution is -0.154. The molecule has 4 aromatic rings. The van der Waals surface area contributed by atoms with Crippen molar-refractivity contribution in [1.29, 1.82) is 0 Å². The molecule has 1 amide bonds. The molecular formula is C41H50N6O9S. The van der Waals surface area contributed by atoms with Crippen molar-refractivity contribution in [3.05, 3.63) is 98.9 Å². The number of amides is 1. The minimum atomic E-state index is -1.46. The molecule has 15 nitrogen and oxygen atoms in total. The number of piperidine rings is 1. The molecule has 7 N–H and O–H groups in total. The van der Waals surface area contributed by atoms with Crippen molar-refractivity contribution in [2.75, 3.05) is 25.2 Å². The zero-order chi connectivity index (χ0) is 40.1.